The van der Waals surface area contributed by atoms with Crippen molar-refractivity contribution in [3.05, 3.63) is 94.2 Å². The van der Waals surface area contributed by atoms with Gasteiger partial charge in [0, 0.05) is 22.6 Å². The second-order valence-corrected chi connectivity index (χ2v) is 7.69. The number of rotatable bonds is 6. The van der Waals surface area contributed by atoms with Crippen molar-refractivity contribution in [3.63, 3.8) is 0 Å². The molecule has 0 aliphatic rings. The fourth-order valence-corrected chi connectivity index (χ4v) is 3.55. The second kappa shape index (κ2) is 10.8. The number of amides is 1. The number of pyridine rings is 1. The molecule has 0 saturated carbocycles. The zero-order valence-electron chi connectivity index (χ0n) is 16.7. The molecule has 1 amide bonds. The molecule has 1 heterocycles. The molecule has 31 heavy (non-hydrogen) atoms. The number of halogens is 1. The van der Waals surface area contributed by atoms with Gasteiger partial charge in [-0.3, -0.25) is 15.1 Å². The van der Waals surface area contributed by atoms with Gasteiger partial charge < -0.3 is 9.64 Å². The van der Waals surface area contributed by atoms with Gasteiger partial charge in [-0.25, -0.2) is 4.79 Å². The maximum atomic E-state index is 12.8. The molecule has 6 nitrogen and oxygen atoms in total. The van der Waals surface area contributed by atoms with E-state index in [0.717, 1.165) is 11.3 Å². The summed E-state index contributed by atoms with van der Waals surface area (Å²) in [6.45, 7) is 2.48. The van der Waals surface area contributed by atoms with E-state index in [1.54, 1.807) is 66.7 Å². The third-order valence-corrected chi connectivity index (χ3v) is 5.38. The van der Waals surface area contributed by atoms with E-state index in [4.69, 9.17) is 17.0 Å². The van der Waals surface area contributed by atoms with Gasteiger partial charge >= 0.3 is 5.97 Å². The van der Waals surface area contributed by atoms with Gasteiger partial charge in [0.15, 0.2) is 5.11 Å². The van der Waals surface area contributed by atoms with E-state index in [1.807, 2.05) is 18.2 Å². The number of hydrogen-bond acceptors (Lipinski definition) is 5. The fourth-order valence-electron chi connectivity index (χ4n) is 2.82. The molecule has 8 heteroatoms. The van der Waals surface area contributed by atoms with Gasteiger partial charge in [0.25, 0.3) is 5.91 Å². The normalized spacial score (nSPS) is 10.3. The Bertz CT molecular complexity index is 1070. The lowest BCUT2D eigenvalue weighted by atomic mass is 10.1. The largest absolute Gasteiger partial charge is 0.462 e. The molecule has 2 aromatic carbocycles. The van der Waals surface area contributed by atoms with Gasteiger partial charge in [0.05, 0.1) is 24.3 Å². The summed E-state index contributed by atoms with van der Waals surface area (Å²) in [5.74, 6) is -0.708. The van der Waals surface area contributed by atoms with Gasteiger partial charge in [-0.15, -0.1) is 0 Å². The van der Waals surface area contributed by atoms with Crippen LogP contribution in [0.15, 0.2) is 77.5 Å². The first-order valence-electron chi connectivity index (χ1n) is 9.53. The second-order valence-electron chi connectivity index (χ2n) is 6.45. The Morgan fingerprint density at radius 2 is 1.74 bits per heavy atom. The van der Waals surface area contributed by atoms with Crippen molar-refractivity contribution in [1.82, 2.24) is 10.3 Å². The lowest BCUT2D eigenvalue weighted by molar-refractivity contribution is 0.0526. The minimum absolute atomic E-state index is 0.237. The number of hydrogen-bond donors (Lipinski definition) is 1. The number of esters is 1. The molecular formula is C23H20BrN3O3S. The quantitative estimate of drug-likeness (QED) is 0.391. The minimum Gasteiger partial charge on any atom is -0.462 e. The number of nitrogens with one attached hydrogen (secondary N) is 1. The molecule has 0 aliphatic carbocycles. The first-order valence-corrected chi connectivity index (χ1v) is 10.7. The molecule has 3 rings (SSSR count). The van der Waals surface area contributed by atoms with E-state index in [1.165, 1.54) is 0 Å². The van der Waals surface area contributed by atoms with Crippen molar-refractivity contribution in [2.75, 3.05) is 11.5 Å². The highest BCUT2D eigenvalue weighted by Gasteiger charge is 2.18. The van der Waals surface area contributed by atoms with Crippen LogP contribution in [0.3, 0.4) is 0 Å². The van der Waals surface area contributed by atoms with Crippen LogP contribution >= 0.6 is 28.1 Å². The smallest absolute Gasteiger partial charge is 0.338 e. The average molecular weight is 498 g/mol. The lowest BCUT2D eigenvalue weighted by Gasteiger charge is -2.26. The predicted molar refractivity (Wildman–Crippen MR) is 127 cm³/mol. The zero-order valence-corrected chi connectivity index (χ0v) is 19.2. The maximum absolute atomic E-state index is 12.8. The minimum atomic E-state index is -0.389. The van der Waals surface area contributed by atoms with Gasteiger partial charge in [0.2, 0.25) is 0 Å². The third-order valence-electron chi connectivity index (χ3n) is 4.36. The van der Waals surface area contributed by atoms with Crippen LogP contribution in [0.5, 0.6) is 0 Å². The Morgan fingerprint density at radius 3 is 2.39 bits per heavy atom. The number of thiocarbonyl (C=S) groups is 1. The highest BCUT2D eigenvalue weighted by molar-refractivity contribution is 9.10. The van der Waals surface area contributed by atoms with Crippen LogP contribution in [-0.4, -0.2) is 28.6 Å². The van der Waals surface area contributed by atoms with E-state index in [9.17, 15) is 9.59 Å². The summed E-state index contributed by atoms with van der Waals surface area (Å²) in [4.78, 5) is 30.5. The topological polar surface area (TPSA) is 71.5 Å². The molecule has 0 aliphatic heterocycles. The SMILES string of the molecule is CCOC(=O)c1ccc(N(Cc2ccncc2)C(=S)NC(=O)c2ccccc2Br)cc1. The molecule has 0 bridgehead atoms. The van der Waals surface area contributed by atoms with Crippen LogP contribution in [0.25, 0.3) is 0 Å². The summed E-state index contributed by atoms with van der Waals surface area (Å²) in [7, 11) is 0. The Balaban J connectivity index is 1.85. The number of aromatic nitrogens is 1. The number of nitrogens with zero attached hydrogens (tertiary/aromatic N) is 2. The van der Waals surface area contributed by atoms with E-state index in [0.29, 0.717) is 28.8 Å². The highest BCUT2D eigenvalue weighted by atomic mass is 79.9. The molecule has 158 valence electrons. The molecule has 0 radical (unpaired) electrons. The van der Waals surface area contributed by atoms with Crippen LogP contribution in [0.2, 0.25) is 0 Å². The van der Waals surface area contributed by atoms with Crippen molar-refractivity contribution in [2.24, 2.45) is 0 Å². The summed E-state index contributed by atoms with van der Waals surface area (Å²) < 4.78 is 5.71. The van der Waals surface area contributed by atoms with E-state index in [-0.39, 0.29) is 17.0 Å². The molecular weight excluding hydrogens is 478 g/mol. The molecule has 1 N–H and O–H groups in total. The first kappa shape index (κ1) is 22.6. The van der Waals surface area contributed by atoms with Crippen LogP contribution in [0, 0.1) is 0 Å². The summed E-state index contributed by atoms with van der Waals surface area (Å²) in [6, 6.07) is 17.7. The highest BCUT2D eigenvalue weighted by Crippen LogP contribution is 2.20. The number of benzene rings is 2. The zero-order chi connectivity index (χ0) is 22.2. The Hall–Kier alpha value is -3.10. The molecule has 0 fully saturated rings. The van der Waals surface area contributed by atoms with Crippen LogP contribution in [0.1, 0.15) is 33.2 Å². The van der Waals surface area contributed by atoms with Crippen molar-refractivity contribution in [2.45, 2.75) is 13.5 Å². The fraction of sp³-hybridized carbons (Fsp3) is 0.130. The van der Waals surface area contributed by atoms with Gasteiger partial charge in [0.1, 0.15) is 0 Å². The van der Waals surface area contributed by atoms with Crippen molar-refractivity contribution in [3.8, 4) is 0 Å². The van der Waals surface area contributed by atoms with Crippen LogP contribution in [0.4, 0.5) is 5.69 Å². The van der Waals surface area contributed by atoms with Crippen molar-refractivity contribution < 1.29 is 14.3 Å². The summed E-state index contributed by atoms with van der Waals surface area (Å²) >= 11 is 8.96. The van der Waals surface area contributed by atoms with Crippen molar-refractivity contribution in [1.29, 1.82) is 0 Å². The maximum Gasteiger partial charge on any atom is 0.338 e. The molecule has 0 atom stereocenters. The molecule has 3 aromatic rings. The first-order chi connectivity index (χ1) is 15.0. The molecule has 0 unspecified atom stereocenters. The Morgan fingerprint density at radius 1 is 1.06 bits per heavy atom. The standard InChI is InChI=1S/C23H20BrN3O3S/c1-2-30-22(29)17-7-9-18(10-8-17)27(15-16-11-13-25-14-12-16)23(31)26-21(28)19-5-3-4-6-20(19)24/h3-14H,2,15H2,1H3,(H,26,28,31). The van der Waals surface area contributed by atoms with E-state index < -0.39 is 0 Å². The molecule has 1 aromatic heterocycles. The Labute approximate surface area is 194 Å². The van der Waals surface area contributed by atoms with Gasteiger partial charge in [-0.1, -0.05) is 12.1 Å². The van der Waals surface area contributed by atoms with Crippen LogP contribution in [-0.2, 0) is 11.3 Å². The third kappa shape index (κ3) is 5.96. The number of carbonyl (C=O) groups is 2. The number of carbonyl (C=O) groups excluding carboxylic acids is 2. The van der Waals surface area contributed by atoms with Crippen LogP contribution < -0.4 is 10.2 Å². The van der Waals surface area contributed by atoms with E-state index in [2.05, 4.69) is 26.2 Å². The summed E-state index contributed by atoms with van der Waals surface area (Å²) in [5.41, 5.74) is 2.60. The number of anilines is 1. The molecule has 0 spiro atoms. The Kier molecular flexibility index (Phi) is 7.86. The van der Waals surface area contributed by atoms with Gasteiger partial charge in [-0.05, 0) is 89.2 Å². The monoisotopic (exact) mass is 497 g/mol. The summed E-state index contributed by atoms with van der Waals surface area (Å²) in [6.07, 6.45) is 3.39. The molecule has 0 saturated heterocycles. The van der Waals surface area contributed by atoms with Crippen molar-refractivity contribution >= 4 is 50.8 Å². The van der Waals surface area contributed by atoms with Gasteiger partial charge in [-0.2, -0.15) is 0 Å². The summed E-state index contributed by atoms with van der Waals surface area (Å²) in [5, 5.41) is 3.03. The predicted octanol–water partition coefficient (Wildman–Crippen LogP) is 4.74. The number of ether oxygens (including phenoxy) is 1. The lowest BCUT2D eigenvalue weighted by Crippen LogP contribution is -2.42. The van der Waals surface area contributed by atoms with E-state index >= 15 is 0 Å². The average Bonchev–Trinajstić information content (AvgIpc) is 2.78.